The van der Waals surface area contributed by atoms with Crippen LogP contribution in [0.15, 0.2) is 47.0 Å². The number of nitrogens with two attached hydrogens (primary N) is 1. The number of rotatable bonds is 4. The van der Waals surface area contributed by atoms with E-state index in [0.29, 0.717) is 13.2 Å². The van der Waals surface area contributed by atoms with Crippen LogP contribution in [0.4, 0.5) is 0 Å². The van der Waals surface area contributed by atoms with E-state index < -0.39 is 0 Å². The van der Waals surface area contributed by atoms with Crippen molar-refractivity contribution in [2.75, 3.05) is 0 Å². The van der Waals surface area contributed by atoms with E-state index in [9.17, 15) is 0 Å². The molecule has 0 aliphatic heterocycles. The van der Waals surface area contributed by atoms with Crippen molar-refractivity contribution < 1.29 is 9.15 Å². The van der Waals surface area contributed by atoms with E-state index in [-0.39, 0.29) is 0 Å². The van der Waals surface area contributed by atoms with Gasteiger partial charge in [0, 0.05) is 17.1 Å². The fourth-order valence-electron chi connectivity index (χ4n) is 2.19. The normalized spacial score (nSPS) is 10.9. The molecule has 4 nitrogen and oxygen atoms in total. The number of hydrogen-bond donors (Lipinski definition) is 1. The second-order valence-electron chi connectivity index (χ2n) is 4.61. The van der Waals surface area contributed by atoms with Gasteiger partial charge in [-0.05, 0) is 37.3 Å². The number of aromatic nitrogens is 1. The first-order chi connectivity index (χ1) is 9.78. The third kappa shape index (κ3) is 2.38. The zero-order chi connectivity index (χ0) is 13.9. The first kappa shape index (κ1) is 12.7. The zero-order valence-electron chi connectivity index (χ0n) is 11.3. The highest BCUT2D eigenvalue weighted by Crippen LogP contribution is 2.25. The molecule has 0 aliphatic carbocycles. The number of fused-ring (bicyclic) bond motifs is 1. The molecule has 0 atom stereocenters. The van der Waals surface area contributed by atoms with Crippen molar-refractivity contribution in [1.82, 2.24) is 4.98 Å². The van der Waals surface area contributed by atoms with Crippen LogP contribution in [0.25, 0.3) is 10.9 Å². The maximum absolute atomic E-state index is 5.90. The Morgan fingerprint density at radius 2 is 2.15 bits per heavy atom. The maximum atomic E-state index is 5.90. The SMILES string of the molecule is Cc1oc(CN)cc1COc1cccc2ncccc12. The van der Waals surface area contributed by atoms with Crippen LogP contribution in [0, 0.1) is 6.92 Å². The fourth-order valence-corrected chi connectivity index (χ4v) is 2.19. The van der Waals surface area contributed by atoms with Crippen molar-refractivity contribution >= 4 is 10.9 Å². The molecular formula is C16H16N2O2. The van der Waals surface area contributed by atoms with Crippen LogP contribution in [0.3, 0.4) is 0 Å². The Bertz CT molecular complexity index is 729. The Hall–Kier alpha value is -2.33. The highest BCUT2D eigenvalue weighted by atomic mass is 16.5. The van der Waals surface area contributed by atoms with Crippen molar-refractivity contribution in [1.29, 1.82) is 0 Å². The molecular weight excluding hydrogens is 252 g/mol. The zero-order valence-corrected chi connectivity index (χ0v) is 11.3. The first-order valence-corrected chi connectivity index (χ1v) is 6.52. The van der Waals surface area contributed by atoms with Crippen molar-refractivity contribution in [3.63, 3.8) is 0 Å². The molecule has 0 unspecified atom stereocenters. The molecule has 3 rings (SSSR count). The number of aryl methyl sites for hydroxylation is 1. The highest BCUT2D eigenvalue weighted by Gasteiger charge is 2.08. The molecule has 0 spiro atoms. The van der Waals surface area contributed by atoms with Gasteiger partial charge in [-0.2, -0.15) is 0 Å². The van der Waals surface area contributed by atoms with Crippen LogP contribution in [-0.4, -0.2) is 4.98 Å². The minimum Gasteiger partial charge on any atom is -0.488 e. The lowest BCUT2D eigenvalue weighted by molar-refractivity contribution is 0.306. The van der Waals surface area contributed by atoms with Crippen LogP contribution in [0.5, 0.6) is 5.75 Å². The van der Waals surface area contributed by atoms with Gasteiger partial charge in [-0.25, -0.2) is 0 Å². The molecule has 2 N–H and O–H groups in total. The Kier molecular flexibility index (Phi) is 3.39. The summed E-state index contributed by atoms with van der Waals surface area (Å²) in [5.41, 5.74) is 7.52. The predicted octanol–water partition coefficient (Wildman–Crippen LogP) is 3.17. The molecule has 0 fully saturated rings. The molecule has 0 radical (unpaired) electrons. The Labute approximate surface area is 117 Å². The molecule has 1 aromatic carbocycles. The fraction of sp³-hybridized carbons (Fsp3) is 0.188. The van der Waals surface area contributed by atoms with Gasteiger partial charge in [-0.3, -0.25) is 4.98 Å². The molecule has 0 saturated carbocycles. The Balaban J connectivity index is 1.85. The van der Waals surface area contributed by atoms with E-state index in [1.54, 1.807) is 6.20 Å². The molecule has 4 heteroatoms. The summed E-state index contributed by atoms with van der Waals surface area (Å²) in [5.74, 6) is 2.45. The summed E-state index contributed by atoms with van der Waals surface area (Å²) in [6, 6.07) is 11.7. The highest BCUT2D eigenvalue weighted by molar-refractivity contribution is 5.84. The van der Waals surface area contributed by atoms with Gasteiger partial charge in [-0.1, -0.05) is 6.07 Å². The monoisotopic (exact) mass is 268 g/mol. The molecule has 0 saturated heterocycles. The summed E-state index contributed by atoms with van der Waals surface area (Å²) in [4.78, 5) is 4.32. The first-order valence-electron chi connectivity index (χ1n) is 6.52. The molecule has 2 heterocycles. The van der Waals surface area contributed by atoms with Gasteiger partial charge in [0.1, 0.15) is 23.9 Å². The molecule has 2 aromatic heterocycles. The van der Waals surface area contributed by atoms with Crippen molar-refractivity contribution in [2.45, 2.75) is 20.1 Å². The van der Waals surface area contributed by atoms with Gasteiger partial charge < -0.3 is 14.9 Å². The Morgan fingerprint density at radius 3 is 2.95 bits per heavy atom. The summed E-state index contributed by atoms with van der Waals surface area (Å²) >= 11 is 0. The number of furan rings is 1. The van der Waals surface area contributed by atoms with Crippen LogP contribution in [0.1, 0.15) is 17.1 Å². The van der Waals surface area contributed by atoms with Gasteiger partial charge in [0.2, 0.25) is 0 Å². The van der Waals surface area contributed by atoms with E-state index in [4.69, 9.17) is 14.9 Å². The summed E-state index contributed by atoms with van der Waals surface area (Å²) in [6.45, 7) is 2.78. The van der Waals surface area contributed by atoms with E-state index in [0.717, 1.165) is 33.7 Å². The third-order valence-electron chi connectivity index (χ3n) is 3.26. The number of ether oxygens (including phenoxy) is 1. The minimum absolute atomic E-state index is 0.402. The standard InChI is InChI=1S/C16H16N2O2/c1-11-12(8-13(9-17)20-11)10-19-16-6-2-5-15-14(16)4-3-7-18-15/h2-8H,9-10,17H2,1H3. The lowest BCUT2D eigenvalue weighted by atomic mass is 10.2. The largest absolute Gasteiger partial charge is 0.488 e. The van der Waals surface area contributed by atoms with E-state index >= 15 is 0 Å². The quantitative estimate of drug-likeness (QED) is 0.789. The summed E-state index contributed by atoms with van der Waals surface area (Å²) in [7, 11) is 0. The molecule has 3 aromatic rings. The minimum atomic E-state index is 0.402. The van der Waals surface area contributed by atoms with E-state index in [1.807, 2.05) is 43.3 Å². The van der Waals surface area contributed by atoms with Gasteiger partial charge in [0.05, 0.1) is 12.1 Å². The summed E-state index contributed by atoms with van der Waals surface area (Å²) in [6.07, 6.45) is 1.78. The van der Waals surface area contributed by atoms with Gasteiger partial charge in [0.25, 0.3) is 0 Å². The van der Waals surface area contributed by atoms with Gasteiger partial charge in [0.15, 0.2) is 0 Å². The number of nitrogens with zero attached hydrogens (tertiary/aromatic N) is 1. The molecule has 20 heavy (non-hydrogen) atoms. The van der Waals surface area contributed by atoms with Crippen LogP contribution in [-0.2, 0) is 13.2 Å². The van der Waals surface area contributed by atoms with Crippen LogP contribution >= 0.6 is 0 Å². The van der Waals surface area contributed by atoms with E-state index in [2.05, 4.69) is 4.98 Å². The third-order valence-corrected chi connectivity index (χ3v) is 3.26. The number of pyridine rings is 1. The lowest BCUT2D eigenvalue weighted by Gasteiger charge is -2.08. The maximum Gasteiger partial charge on any atom is 0.129 e. The van der Waals surface area contributed by atoms with Crippen LogP contribution in [0.2, 0.25) is 0 Å². The second-order valence-corrected chi connectivity index (χ2v) is 4.61. The number of hydrogen-bond acceptors (Lipinski definition) is 4. The Morgan fingerprint density at radius 1 is 1.25 bits per heavy atom. The molecule has 102 valence electrons. The molecule has 0 amide bonds. The van der Waals surface area contributed by atoms with Crippen LogP contribution < -0.4 is 10.5 Å². The van der Waals surface area contributed by atoms with Crippen molar-refractivity contribution in [3.8, 4) is 5.75 Å². The lowest BCUT2D eigenvalue weighted by Crippen LogP contribution is -1.97. The smallest absolute Gasteiger partial charge is 0.129 e. The predicted molar refractivity (Wildman–Crippen MR) is 77.4 cm³/mol. The molecule has 0 aliphatic rings. The topological polar surface area (TPSA) is 61.3 Å². The van der Waals surface area contributed by atoms with E-state index in [1.165, 1.54) is 0 Å². The van der Waals surface area contributed by atoms with Gasteiger partial charge >= 0.3 is 0 Å². The average Bonchev–Trinajstić information content (AvgIpc) is 2.85. The average molecular weight is 268 g/mol. The summed E-state index contributed by atoms with van der Waals surface area (Å²) < 4.78 is 11.4. The second kappa shape index (κ2) is 5.35. The molecule has 0 bridgehead atoms. The number of benzene rings is 1. The van der Waals surface area contributed by atoms with Crippen molar-refractivity contribution in [2.24, 2.45) is 5.73 Å². The van der Waals surface area contributed by atoms with Crippen molar-refractivity contribution in [3.05, 3.63) is 59.7 Å². The van der Waals surface area contributed by atoms with Gasteiger partial charge in [-0.15, -0.1) is 0 Å². The summed E-state index contributed by atoms with van der Waals surface area (Å²) in [5, 5.41) is 1.01.